The predicted molar refractivity (Wildman–Crippen MR) is 72.3 cm³/mol. The van der Waals surface area contributed by atoms with Crippen molar-refractivity contribution in [3.05, 3.63) is 53.3 Å². The highest BCUT2D eigenvalue weighted by atomic mass is 15.1. The lowest BCUT2D eigenvalue weighted by Gasteiger charge is -2.29. The third-order valence-corrected chi connectivity index (χ3v) is 3.84. The Labute approximate surface area is 108 Å². The van der Waals surface area contributed by atoms with Crippen LogP contribution in [-0.2, 0) is 6.42 Å². The van der Waals surface area contributed by atoms with Gasteiger partial charge in [0, 0.05) is 23.8 Å². The summed E-state index contributed by atoms with van der Waals surface area (Å²) in [5, 5.41) is 10.6. The van der Waals surface area contributed by atoms with E-state index in [1.165, 1.54) is 36.0 Å². The number of aromatic amines is 1. The maximum Gasteiger partial charge on any atom is 0.0534 e. The molecule has 0 fully saturated rings. The molecule has 2 aromatic rings. The van der Waals surface area contributed by atoms with E-state index in [9.17, 15) is 0 Å². The van der Waals surface area contributed by atoms with Crippen molar-refractivity contribution in [3.8, 4) is 0 Å². The van der Waals surface area contributed by atoms with Crippen LogP contribution in [-0.4, -0.2) is 10.2 Å². The summed E-state index contributed by atoms with van der Waals surface area (Å²) in [5.74, 6) is 0. The molecule has 1 aromatic heterocycles. The molecule has 3 heteroatoms. The van der Waals surface area contributed by atoms with Gasteiger partial charge in [-0.2, -0.15) is 5.10 Å². The van der Waals surface area contributed by atoms with Crippen LogP contribution in [0.3, 0.4) is 0 Å². The molecular formula is C15H19N3. The van der Waals surface area contributed by atoms with Gasteiger partial charge < -0.3 is 5.32 Å². The zero-order chi connectivity index (χ0) is 12.4. The maximum absolute atomic E-state index is 4.02. The normalized spacial score (nSPS) is 20.4. The summed E-state index contributed by atoms with van der Waals surface area (Å²) in [6.07, 6.45) is 7.57. The lowest BCUT2D eigenvalue weighted by molar-refractivity contribution is 0.415. The molecule has 0 amide bonds. The SMILES string of the molecule is CC(NC1CCCc2ccccc21)c1cn[nH]c1. The second kappa shape index (κ2) is 4.94. The third kappa shape index (κ3) is 2.18. The van der Waals surface area contributed by atoms with E-state index < -0.39 is 0 Å². The maximum atomic E-state index is 4.02. The first kappa shape index (κ1) is 11.5. The standard InChI is InChI=1S/C15H19N3/c1-11(13-9-16-17-10-13)18-15-8-4-6-12-5-2-3-7-14(12)15/h2-3,5,7,9-11,15,18H,4,6,8H2,1H3,(H,16,17). The van der Waals surface area contributed by atoms with Gasteiger partial charge in [-0.15, -0.1) is 0 Å². The second-order valence-corrected chi connectivity index (χ2v) is 5.06. The lowest BCUT2D eigenvalue weighted by atomic mass is 9.87. The number of benzene rings is 1. The number of aryl methyl sites for hydroxylation is 1. The van der Waals surface area contributed by atoms with Gasteiger partial charge in [-0.1, -0.05) is 24.3 Å². The van der Waals surface area contributed by atoms with Gasteiger partial charge in [-0.25, -0.2) is 0 Å². The van der Waals surface area contributed by atoms with E-state index in [4.69, 9.17) is 0 Å². The molecule has 0 aliphatic heterocycles. The molecule has 0 bridgehead atoms. The van der Waals surface area contributed by atoms with E-state index in [0.717, 1.165) is 0 Å². The van der Waals surface area contributed by atoms with E-state index >= 15 is 0 Å². The van der Waals surface area contributed by atoms with E-state index in [1.807, 2.05) is 12.4 Å². The first-order valence-corrected chi connectivity index (χ1v) is 6.67. The van der Waals surface area contributed by atoms with E-state index in [-0.39, 0.29) is 0 Å². The summed E-state index contributed by atoms with van der Waals surface area (Å²) in [7, 11) is 0. The zero-order valence-electron chi connectivity index (χ0n) is 10.7. The summed E-state index contributed by atoms with van der Waals surface area (Å²) in [4.78, 5) is 0. The van der Waals surface area contributed by atoms with Gasteiger partial charge in [0.15, 0.2) is 0 Å². The number of hydrogen-bond acceptors (Lipinski definition) is 2. The van der Waals surface area contributed by atoms with E-state index in [2.05, 4.69) is 46.7 Å². The van der Waals surface area contributed by atoms with Gasteiger partial charge in [-0.05, 0) is 37.3 Å². The topological polar surface area (TPSA) is 40.7 Å². The highest BCUT2D eigenvalue weighted by Crippen LogP contribution is 2.31. The minimum Gasteiger partial charge on any atom is -0.303 e. The molecule has 94 valence electrons. The van der Waals surface area contributed by atoms with Crippen LogP contribution in [0.1, 0.15) is 48.5 Å². The van der Waals surface area contributed by atoms with E-state index in [1.54, 1.807) is 0 Å². The van der Waals surface area contributed by atoms with Crippen LogP contribution in [0.15, 0.2) is 36.7 Å². The zero-order valence-corrected chi connectivity index (χ0v) is 10.7. The molecule has 2 atom stereocenters. The second-order valence-electron chi connectivity index (χ2n) is 5.06. The Balaban J connectivity index is 1.78. The molecule has 1 heterocycles. The Morgan fingerprint density at radius 2 is 2.28 bits per heavy atom. The molecule has 3 rings (SSSR count). The Morgan fingerprint density at radius 1 is 1.39 bits per heavy atom. The van der Waals surface area contributed by atoms with Crippen LogP contribution >= 0.6 is 0 Å². The lowest BCUT2D eigenvalue weighted by Crippen LogP contribution is -2.27. The van der Waals surface area contributed by atoms with Crippen LogP contribution in [0.2, 0.25) is 0 Å². The fourth-order valence-electron chi connectivity index (χ4n) is 2.82. The highest BCUT2D eigenvalue weighted by Gasteiger charge is 2.21. The fraction of sp³-hybridized carbons (Fsp3) is 0.400. The van der Waals surface area contributed by atoms with Gasteiger partial charge >= 0.3 is 0 Å². The Kier molecular flexibility index (Phi) is 3.15. The largest absolute Gasteiger partial charge is 0.303 e. The molecule has 18 heavy (non-hydrogen) atoms. The molecule has 0 saturated carbocycles. The first-order valence-electron chi connectivity index (χ1n) is 6.67. The molecular weight excluding hydrogens is 222 g/mol. The Bertz CT molecular complexity index is 504. The Hall–Kier alpha value is -1.61. The number of H-pyrrole nitrogens is 1. The molecule has 2 N–H and O–H groups in total. The van der Waals surface area contributed by atoms with Crippen LogP contribution in [0.4, 0.5) is 0 Å². The monoisotopic (exact) mass is 241 g/mol. The minimum absolute atomic E-state index is 0.333. The molecule has 1 aromatic carbocycles. The smallest absolute Gasteiger partial charge is 0.0534 e. The number of hydrogen-bond donors (Lipinski definition) is 2. The number of aromatic nitrogens is 2. The van der Waals surface area contributed by atoms with Crippen LogP contribution in [0.25, 0.3) is 0 Å². The molecule has 1 aliphatic carbocycles. The summed E-state index contributed by atoms with van der Waals surface area (Å²) in [5.41, 5.74) is 4.19. The summed E-state index contributed by atoms with van der Waals surface area (Å²) in [6.45, 7) is 2.20. The van der Waals surface area contributed by atoms with Crippen LogP contribution < -0.4 is 5.32 Å². The minimum atomic E-state index is 0.333. The summed E-state index contributed by atoms with van der Waals surface area (Å²) >= 11 is 0. The fourth-order valence-corrected chi connectivity index (χ4v) is 2.82. The summed E-state index contributed by atoms with van der Waals surface area (Å²) in [6, 6.07) is 9.60. The molecule has 3 nitrogen and oxygen atoms in total. The van der Waals surface area contributed by atoms with E-state index in [0.29, 0.717) is 12.1 Å². The van der Waals surface area contributed by atoms with Gasteiger partial charge in [0.1, 0.15) is 0 Å². The van der Waals surface area contributed by atoms with Crippen LogP contribution in [0, 0.1) is 0 Å². The van der Waals surface area contributed by atoms with Crippen molar-refractivity contribution < 1.29 is 0 Å². The average Bonchev–Trinajstić information content (AvgIpc) is 2.93. The number of nitrogens with zero attached hydrogens (tertiary/aromatic N) is 1. The quantitative estimate of drug-likeness (QED) is 0.866. The van der Waals surface area contributed by atoms with Crippen molar-refractivity contribution in [1.29, 1.82) is 0 Å². The van der Waals surface area contributed by atoms with Crippen molar-refractivity contribution in [2.75, 3.05) is 0 Å². The molecule has 0 radical (unpaired) electrons. The van der Waals surface area contributed by atoms with Crippen LogP contribution in [0.5, 0.6) is 0 Å². The molecule has 1 aliphatic rings. The van der Waals surface area contributed by atoms with Gasteiger partial charge in [0.25, 0.3) is 0 Å². The van der Waals surface area contributed by atoms with Crippen molar-refractivity contribution >= 4 is 0 Å². The molecule has 0 spiro atoms. The number of fused-ring (bicyclic) bond motifs is 1. The number of rotatable bonds is 3. The molecule has 2 unspecified atom stereocenters. The third-order valence-electron chi connectivity index (χ3n) is 3.84. The van der Waals surface area contributed by atoms with Crippen molar-refractivity contribution in [2.45, 2.75) is 38.3 Å². The average molecular weight is 241 g/mol. The van der Waals surface area contributed by atoms with Crippen molar-refractivity contribution in [3.63, 3.8) is 0 Å². The van der Waals surface area contributed by atoms with Gasteiger partial charge in [0.2, 0.25) is 0 Å². The highest BCUT2D eigenvalue weighted by molar-refractivity contribution is 5.32. The Morgan fingerprint density at radius 3 is 3.11 bits per heavy atom. The van der Waals surface area contributed by atoms with Crippen molar-refractivity contribution in [2.24, 2.45) is 0 Å². The molecule has 0 saturated heterocycles. The van der Waals surface area contributed by atoms with Crippen molar-refractivity contribution in [1.82, 2.24) is 15.5 Å². The van der Waals surface area contributed by atoms with Gasteiger partial charge in [-0.3, -0.25) is 5.10 Å². The van der Waals surface area contributed by atoms with Gasteiger partial charge in [0.05, 0.1) is 6.20 Å². The first-order chi connectivity index (χ1) is 8.84. The predicted octanol–water partition coefficient (Wildman–Crippen LogP) is 3.14. The summed E-state index contributed by atoms with van der Waals surface area (Å²) < 4.78 is 0. The number of nitrogens with one attached hydrogen (secondary N) is 2.